The number of rotatable bonds is 53. The zero-order valence-corrected chi connectivity index (χ0v) is 45.1. The van der Waals surface area contributed by atoms with Crippen LogP contribution >= 0.6 is 0 Å². The summed E-state index contributed by atoms with van der Waals surface area (Å²) in [6, 6.07) is 0. The van der Waals surface area contributed by atoms with Crippen molar-refractivity contribution in [2.75, 3.05) is 13.2 Å². The Balaban J connectivity index is 4.19. The molecule has 0 amide bonds. The van der Waals surface area contributed by atoms with Crippen LogP contribution in [0.3, 0.4) is 0 Å². The van der Waals surface area contributed by atoms with Crippen LogP contribution < -0.4 is 0 Å². The number of ether oxygens (including phenoxy) is 3. The number of unbranched alkanes of at least 4 members (excludes halogenated alkanes) is 32. The number of hydrogen-bond acceptors (Lipinski definition) is 6. The molecule has 0 saturated carbocycles. The van der Waals surface area contributed by atoms with Crippen molar-refractivity contribution in [1.29, 1.82) is 0 Å². The molecule has 0 aliphatic carbocycles. The molecule has 1 unspecified atom stereocenters. The van der Waals surface area contributed by atoms with Crippen LogP contribution in [0.15, 0.2) is 60.8 Å². The van der Waals surface area contributed by atoms with Gasteiger partial charge in [-0.2, -0.15) is 0 Å². The molecule has 0 aliphatic heterocycles. The summed E-state index contributed by atoms with van der Waals surface area (Å²) in [5, 5.41) is 0. The molecule has 6 nitrogen and oxygen atoms in total. The summed E-state index contributed by atoms with van der Waals surface area (Å²) >= 11 is 0. The minimum absolute atomic E-state index is 0.0821. The number of carbonyl (C=O) groups is 3. The Morgan fingerprint density at radius 1 is 0.309 bits per heavy atom. The highest BCUT2D eigenvalue weighted by molar-refractivity contribution is 5.71. The molecule has 1 atom stereocenters. The van der Waals surface area contributed by atoms with Crippen LogP contribution in [-0.4, -0.2) is 37.2 Å². The van der Waals surface area contributed by atoms with Crippen molar-refractivity contribution >= 4 is 17.9 Å². The first-order valence-electron chi connectivity index (χ1n) is 29.3. The van der Waals surface area contributed by atoms with E-state index in [0.717, 1.165) is 96.3 Å². The third-order valence-electron chi connectivity index (χ3n) is 12.8. The van der Waals surface area contributed by atoms with Gasteiger partial charge < -0.3 is 14.2 Å². The van der Waals surface area contributed by atoms with E-state index in [2.05, 4.69) is 81.5 Å². The van der Waals surface area contributed by atoms with E-state index in [1.165, 1.54) is 161 Å². The maximum atomic E-state index is 12.8. The Labute approximate surface area is 421 Å². The van der Waals surface area contributed by atoms with Crippen molar-refractivity contribution in [2.45, 2.75) is 303 Å². The topological polar surface area (TPSA) is 78.9 Å². The average Bonchev–Trinajstić information content (AvgIpc) is 3.34. The third-order valence-corrected chi connectivity index (χ3v) is 12.8. The van der Waals surface area contributed by atoms with Crippen molar-refractivity contribution in [2.24, 2.45) is 0 Å². The Morgan fingerprint density at radius 2 is 0.574 bits per heavy atom. The summed E-state index contributed by atoms with van der Waals surface area (Å²) < 4.78 is 16.8. The van der Waals surface area contributed by atoms with E-state index in [9.17, 15) is 14.4 Å². The lowest BCUT2D eigenvalue weighted by Gasteiger charge is -2.18. The fourth-order valence-corrected chi connectivity index (χ4v) is 8.37. The van der Waals surface area contributed by atoms with Crippen molar-refractivity contribution in [3.63, 3.8) is 0 Å². The molecule has 0 aromatic heterocycles. The molecular formula is C62H110O6. The van der Waals surface area contributed by atoms with Crippen molar-refractivity contribution in [3.05, 3.63) is 60.8 Å². The maximum Gasteiger partial charge on any atom is 0.306 e. The summed E-state index contributed by atoms with van der Waals surface area (Å²) in [4.78, 5) is 38.0. The van der Waals surface area contributed by atoms with Crippen LogP contribution in [0.25, 0.3) is 0 Å². The molecule has 68 heavy (non-hydrogen) atoms. The largest absolute Gasteiger partial charge is 0.462 e. The molecule has 0 radical (unpaired) electrons. The van der Waals surface area contributed by atoms with Crippen LogP contribution in [0.4, 0.5) is 0 Å². The van der Waals surface area contributed by atoms with Crippen LogP contribution in [-0.2, 0) is 28.6 Å². The van der Waals surface area contributed by atoms with Gasteiger partial charge in [0, 0.05) is 19.3 Å². The molecule has 0 saturated heterocycles. The van der Waals surface area contributed by atoms with Gasteiger partial charge in [-0.3, -0.25) is 14.4 Å². The number of hydrogen-bond donors (Lipinski definition) is 0. The van der Waals surface area contributed by atoms with Gasteiger partial charge in [0.2, 0.25) is 0 Å². The Morgan fingerprint density at radius 3 is 0.912 bits per heavy atom. The fraction of sp³-hybridized carbons (Fsp3) is 0.790. The lowest BCUT2D eigenvalue weighted by Crippen LogP contribution is -2.30. The summed E-state index contributed by atoms with van der Waals surface area (Å²) in [6.45, 7) is 6.50. The number of esters is 3. The number of allylic oxidation sites excluding steroid dienone is 10. The van der Waals surface area contributed by atoms with Gasteiger partial charge in [-0.25, -0.2) is 0 Å². The third kappa shape index (κ3) is 54.1. The lowest BCUT2D eigenvalue weighted by atomic mass is 10.0. The molecule has 0 bridgehead atoms. The average molecular weight is 952 g/mol. The van der Waals surface area contributed by atoms with Gasteiger partial charge in [-0.05, 0) is 83.5 Å². The van der Waals surface area contributed by atoms with Gasteiger partial charge in [0.15, 0.2) is 6.10 Å². The highest BCUT2D eigenvalue weighted by atomic mass is 16.6. The Hall–Kier alpha value is -2.89. The van der Waals surface area contributed by atoms with Crippen LogP contribution in [0.5, 0.6) is 0 Å². The van der Waals surface area contributed by atoms with Crippen LogP contribution in [0.1, 0.15) is 297 Å². The summed E-state index contributed by atoms with van der Waals surface area (Å²) in [7, 11) is 0. The first-order valence-corrected chi connectivity index (χ1v) is 29.3. The summed E-state index contributed by atoms with van der Waals surface area (Å²) in [5.41, 5.74) is 0. The smallest absolute Gasteiger partial charge is 0.306 e. The van der Waals surface area contributed by atoms with Crippen molar-refractivity contribution in [1.82, 2.24) is 0 Å². The van der Waals surface area contributed by atoms with Crippen molar-refractivity contribution in [3.8, 4) is 0 Å². The van der Waals surface area contributed by atoms with Crippen molar-refractivity contribution < 1.29 is 28.6 Å². The zero-order chi connectivity index (χ0) is 49.3. The highest BCUT2D eigenvalue weighted by Gasteiger charge is 2.19. The zero-order valence-electron chi connectivity index (χ0n) is 45.1. The molecule has 0 aromatic rings. The van der Waals surface area contributed by atoms with Gasteiger partial charge >= 0.3 is 17.9 Å². The number of carbonyl (C=O) groups excluding carboxylic acids is 3. The predicted octanol–water partition coefficient (Wildman–Crippen LogP) is 19.6. The fourth-order valence-electron chi connectivity index (χ4n) is 8.37. The first-order chi connectivity index (χ1) is 33.5. The van der Waals surface area contributed by atoms with E-state index in [1.54, 1.807) is 0 Å². The van der Waals surface area contributed by atoms with Gasteiger partial charge in [0.05, 0.1) is 0 Å². The quantitative estimate of drug-likeness (QED) is 0.0262. The summed E-state index contributed by atoms with van der Waals surface area (Å²) in [5.74, 6) is -0.901. The Bertz CT molecular complexity index is 1230. The SMILES string of the molecule is CC/C=C\C/C=C\C/C=C\C/C=C\CCCCCCC(=O)OC(COC(=O)CCCCCCCCCC)COC(=O)CCCCCCCCCCCCCCC/C=C\CCCCCCCCCC. The standard InChI is InChI=1S/C62H110O6/c1-4-7-10-13-16-19-21-23-25-27-28-29-30-31-32-33-34-36-37-39-41-43-46-49-52-55-61(64)67-58-59(57-66-60(63)54-51-48-45-18-15-12-9-6-3)68-62(65)56-53-50-47-44-42-40-38-35-26-24-22-20-17-14-11-8-5-2/h8,11,17,20,24,26-28,38,40,59H,4-7,9-10,12-16,18-19,21-23,25,29-37,39,41-58H2,1-3H3/b11-8-,20-17-,26-24-,28-27-,40-38-. The molecule has 0 aromatic carbocycles. The molecule has 0 N–H and O–H groups in total. The van der Waals surface area contributed by atoms with E-state index in [0.29, 0.717) is 19.3 Å². The minimum Gasteiger partial charge on any atom is -0.462 e. The molecule has 394 valence electrons. The minimum atomic E-state index is -0.784. The van der Waals surface area contributed by atoms with E-state index in [4.69, 9.17) is 14.2 Å². The molecular weight excluding hydrogens is 841 g/mol. The predicted molar refractivity (Wildman–Crippen MR) is 293 cm³/mol. The molecule has 0 spiro atoms. The second-order valence-electron chi connectivity index (χ2n) is 19.5. The normalized spacial score (nSPS) is 12.5. The molecule has 6 heteroatoms. The molecule has 0 aliphatic rings. The van der Waals surface area contributed by atoms with Gasteiger partial charge in [0.1, 0.15) is 13.2 Å². The lowest BCUT2D eigenvalue weighted by molar-refractivity contribution is -0.167. The highest BCUT2D eigenvalue weighted by Crippen LogP contribution is 2.16. The van der Waals surface area contributed by atoms with E-state index < -0.39 is 6.10 Å². The molecule has 0 fully saturated rings. The summed E-state index contributed by atoms with van der Waals surface area (Å²) in [6.07, 6.45) is 71.0. The van der Waals surface area contributed by atoms with Gasteiger partial charge in [-0.15, -0.1) is 0 Å². The van der Waals surface area contributed by atoms with Crippen LogP contribution in [0.2, 0.25) is 0 Å². The molecule has 0 heterocycles. The van der Waals surface area contributed by atoms with E-state index in [-0.39, 0.29) is 31.1 Å². The maximum absolute atomic E-state index is 12.8. The second-order valence-corrected chi connectivity index (χ2v) is 19.5. The second kappa shape index (κ2) is 56.7. The monoisotopic (exact) mass is 951 g/mol. The molecule has 0 rings (SSSR count). The first kappa shape index (κ1) is 65.1. The van der Waals surface area contributed by atoms with Gasteiger partial charge in [-0.1, -0.05) is 255 Å². The van der Waals surface area contributed by atoms with Gasteiger partial charge in [0.25, 0.3) is 0 Å². The van der Waals surface area contributed by atoms with E-state index in [1.807, 2.05) is 0 Å². The van der Waals surface area contributed by atoms with E-state index >= 15 is 0 Å². The Kier molecular flexibility index (Phi) is 54.3. The van der Waals surface area contributed by atoms with Crippen LogP contribution in [0, 0.1) is 0 Å².